The van der Waals surface area contributed by atoms with Gasteiger partial charge in [0.2, 0.25) is 11.8 Å². The number of carbonyl (C=O) groups excluding carboxylic acids is 2. The minimum atomic E-state index is -0.870. The highest BCUT2D eigenvalue weighted by Crippen LogP contribution is 2.18. The van der Waals surface area contributed by atoms with Gasteiger partial charge in [-0.3, -0.25) is 14.4 Å². The normalized spacial score (nSPS) is 17.4. The quantitative estimate of drug-likeness (QED) is 0.822. The molecular formula is C17H21BrN2O4. The lowest BCUT2D eigenvalue weighted by Crippen LogP contribution is -2.47. The molecule has 0 radical (unpaired) electrons. The fourth-order valence-corrected chi connectivity index (χ4v) is 3.16. The Labute approximate surface area is 149 Å². The predicted octanol–water partition coefficient (Wildman–Crippen LogP) is 1.77. The Morgan fingerprint density at radius 3 is 2.71 bits per heavy atom. The Kier molecular flexibility index (Phi) is 6.36. The van der Waals surface area contributed by atoms with E-state index in [0.717, 1.165) is 10.0 Å². The standard InChI is InChI=1S/C17H21BrN2O4/c1-19(15(21)9-12-5-2-3-7-14(12)18)11-16(22)20-8-4-6-13(10-20)17(23)24/h2-3,5,7,13H,4,6,8-11H2,1H3,(H,23,24). The number of hydrogen-bond donors (Lipinski definition) is 1. The van der Waals surface area contributed by atoms with E-state index in [4.69, 9.17) is 5.11 Å². The van der Waals surface area contributed by atoms with E-state index in [1.807, 2.05) is 24.3 Å². The van der Waals surface area contributed by atoms with Gasteiger partial charge < -0.3 is 14.9 Å². The number of amides is 2. The molecule has 130 valence electrons. The van der Waals surface area contributed by atoms with Crippen LogP contribution in [0.5, 0.6) is 0 Å². The van der Waals surface area contributed by atoms with Gasteiger partial charge in [-0.1, -0.05) is 34.1 Å². The third-order valence-corrected chi connectivity index (χ3v) is 4.99. The Morgan fingerprint density at radius 1 is 1.33 bits per heavy atom. The van der Waals surface area contributed by atoms with Crippen LogP contribution in [0.1, 0.15) is 18.4 Å². The van der Waals surface area contributed by atoms with Crippen molar-refractivity contribution in [3.05, 3.63) is 34.3 Å². The molecule has 0 aromatic heterocycles. The van der Waals surface area contributed by atoms with E-state index in [9.17, 15) is 14.4 Å². The number of carboxylic acid groups (broad SMARTS) is 1. The number of likely N-dealkylation sites (N-methyl/N-ethyl adjacent to an activating group) is 1. The van der Waals surface area contributed by atoms with Crippen LogP contribution < -0.4 is 0 Å². The number of benzene rings is 1. The van der Waals surface area contributed by atoms with Crippen molar-refractivity contribution in [3.63, 3.8) is 0 Å². The number of halogens is 1. The fourth-order valence-electron chi connectivity index (χ4n) is 2.74. The first-order chi connectivity index (χ1) is 11.4. The summed E-state index contributed by atoms with van der Waals surface area (Å²) in [6.45, 7) is 0.741. The highest BCUT2D eigenvalue weighted by molar-refractivity contribution is 9.10. The van der Waals surface area contributed by atoms with Gasteiger partial charge in [0.1, 0.15) is 0 Å². The van der Waals surface area contributed by atoms with Gasteiger partial charge in [-0.15, -0.1) is 0 Å². The maximum Gasteiger partial charge on any atom is 0.308 e. The summed E-state index contributed by atoms with van der Waals surface area (Å²) < 4.78 is 0.860. The Hall–Kier alpha value is -1.89. The molecule has 1 N–H and O–H groups in total. The maximum absolute atomic E-state index is 12.3. The molecule has 2 rings (SSSR count). The molecular weight excluding hydrogens is 376 g/mol. The molecule has 1 aromatic rings. The van der Waals surface area contributed by atoms with Crippen LogP contribution in [0.2, 0.25) is 0 Å². The fraction of sp³-hybridized carbons (Fsp3) is 0.471. The van der Waals surface area contributed by atoms with Crippen molar-refractivity contribution in [2.75, 3.05) is 26.7 Å². The second-order valence-electron chi connectivity index (χ2n) is 6.04. The third-order valence-electron chi connectivity index (χ3n) is 4.22. The lowest BCUT2D eigenvalue weighted by atomic mass is 9.98. The lowest BCUT2D eigenvalue weighted by molar-refractivity contribution is -0.147. The van der Waals surface area contributed by atoms with Crippen molar-refractivity contribution >= 4 is 33.7 Å². The van der Waals surface area contributed by atoms with Crippen molar-refractivity contribution in [2.45, 2.75) is 19.3 Å². The Morgan fingerprint density at radius 2 is 2.04 bits per heavy atom. The highest BCUT2D eigenvalue weighted by atomic mass is 79.9. The van der Waals surface area contributed by atoms with Crippen molar-refractivity contribution in [1.82, 2.24) is 9.80 Å². The Balaban J connectivity index is 1.90. The van der Waals surface area contributed by atoms with Crippen LogP contribution in [0.25, 0.3) is 0 Å². The molecule has 0 saturated carbocycles. The van der Waals surface area contributed by atoms with Gasteiger partial charge in [0.25, 0.3) is 0 Å². The largest absolute Gasteiger partial charge is 0.481 e. The minimum absolute atomic E-state index is 0.0321. The van der Waals surface area contributed by atoms with Crippen molar-refractivity contribution in [3.8, 4) is 0 Å². The van der Waals surface area contributed by atoms with Crippen LogP contribution in [-0.4, -0.2) is 59.4 Å². The van der Waals surface area contributed by atoms with Gasteiger partial charge in [0.05, 0.1) is 18.9 Å². The molecule has 0 bridgehead atoms. The molecule has 1 atom stereocenters. The first kappa shape index (κ1) is 18.4. The van der Waals surface area contributed by atoms with Crippen LogP contribution in [-0.2, 0) is 20.8 Å². The van der Waals surface area contributed by atoms with E-state index < -0.39 is 11.9 Å². The average Bonchev–Trinajstić information content (AvgIpc) is 2.56. The number of nitrogens with zero attached hydrogens (tertiary/aromatic N) is 2. The van der Waals surface area contributed by atoms with E-state index >= 15 is 0 Å². The number of carboxylic acids is 1. The molecule has 1 unspecified atom stereocenters. The second-order valence-corrected chi connectivity index (χ2v) is 6.89. The monoisotopic (exact) mass is 396 g/mol. The van der Waals surface area contributed by atoms with Crippen LogP contribution in [0, 0.1) is 5.92 Å². The van der Waals surface area contributed by atoms with Crippen molar-refractivity contribution in [2.24, 2.45) is 5.92 Å². The molecule has 2 amide bonds. The molecule has 6 nitrogen and oxygen atoms in total. The molecule has 0 spiro atoms. The van der Waals surface area contributed by atoms with Crippen molar-refractivity contribution in [1.29, 1.82) is 0 Å². The summed E-state index contributed by atoms with van der Waals surface area (Å²) in [4.78, 5) is 38.6. The maximum atomic E-state index is 12.3. The number of likely N-dealkylation sites (tertiary alicyclic amines) is 1. The highest BCUT2D eigenvalue weighted by Gasteiger charge is 2.29. The SMILES string of the molecule is CN(CC(=O)N1CCCC(C(=O)O)C1)C(=O)Cc1ccccc1Br. The van der Waals surface area contributed by atoms with E-state index in [2.05, 4.69) is 15.9 Å². The van der Waals surface area contributed by atoms with Gasteiger partial charge in [0.15, 0.2) is 0 Å². The van der Waals surface area contributed by atoms with Crippen LogP contribution in [0.15, 0.2) is 28.7 Å². The summed E-state index contributed by atoms with van der Waals surface area (Å²) in [5.41, 5.74) is 0.866. The number of hydrogen-bond acceptors (Lipinski definition) is 3. The first-order valence-corrected chi connectivity index (χ1v) is 8.65. The number of aliphatic carboxylic acids is 1. The summed E-state index contributed by atoms with van der Waals surface area (Å²) in [5.74, 6) is -1.74. The summed E-state index contributed by atoms with van der Waals surface area (Å²) in [6.07, 6.45) is 1.48. The summed E-state index contributed by atoms with van der Waals surface area (Å²) in [5, 5.41) is 9.09. The predicted molar refractivity (Wildman–Crippen MR) is 92.4 cm³/mol. The zero-order valence-electron chi connectivity index (χ0n) is 13.6. The number of piperidine rings is 1. The second kappa shape index (κ2) is 8.28. The molecule has 1 fully saturated rings. The summed E-state index contributed by atoms with van der Waals surface area (Å²) >= 11 is 3.41. The molecule has 0 aliphatic carbocycles. The molecule has 1 aromatic carbocycles. The van der Waals surface area contributed by atoms with Crippen LogP contribution in [0.4, 0.5) is 0 Å². The van der Waals surface area contributed by atoms with Crippen LogP contribution >= 0.6 is 15.9 Å². The zero-order chi connectivity index (χ0) is 17.7. The minimum Gasteiger partial charge on any atom is -0.481 e. The van der Waals surface area contributed by atoms with Crippen LogP contribution in [0.3, 0.4) is 0 Å². The Bertz CT molecular complexity index is 635. The van der Waals surface area contributed by atoms with E-state index in [-0.39, 0.29) is 31.3 Å². The molecule has 1 saturated heterocycles. The summed E-state index contributed by atoms with van der Waals surface area (Å²) in [7, 11) is 1.59. The zero-order valence-corrected chi connectivity index (χ0v) is 15.2. The molecule has 1 aliphatic rings. The third kappa shape index (κ3) is 4.80. The van der Waals surface area contributed by atoms with E-state index in [1.54, 1.807) is 11.9 Å². The van der Waals surface area contributed by atoms with Gasteiger partial charge >= 0.3 is 5.97 Å². The average molecular weight is 397 g/mol. The van der Waals surface area contributed by atoms with E-state index in [0.29, 0.717) is 19.4 Å². The van der Waals surface area contributed by atoms with Gasteiger partial charge in [-0.05, 0) is 24.5 Å². The number of rotatable bonds is 5. The van der Waals surface area contributed by atoms with Gasteiger partial charge in [-0.2, -0.15) is 0 Å². The topological polar surface area (TPSA) is 77.9 Å². The van der Waals surface area contributed by atoms with Crippen molar-refractivity contribution < 1.29 is 19.5 Å². The first-order valence-electron chi connectivity index (χ1n) is 7.86. The lowest BCUT2D eigenvalue weighted by Gasteiger charge is -2.32. The smallest absolute Gasteiger partial charge is 0.308 e. The number of carbonyl (C=O) groups is 3. The van der Waals surface area contributed by atoms with Gasteiger partial charge in [-0.25, -0.2) is 0 Å². The summed E-state index contributed by atoms with van der Waals surface area (Å²) in [6, 6.07) is 7.46. The van der Waals surface area contributed by atoms with E-state index in [1.165, 1.54) is 4.90 Å². The molecule has 7 heteroatoms. The molecule has 1 aliphatic heterocycles. The van der Waals surface area contributed by atoms with Gasteiger partial charge in [0, 0.05) is 24.6 Å². The molecule has 24 heavy (non-hydrogen) atoms. The molecule has 1 heterocycles.